The van der Waals surface area contributed by atoms with Crippen LogP contribution in [0.1, 0.15) is 24.3 Å². The monoisotopic (exact) mass is 269 g/mol. The molecule has 1 aromatic rings. The van der Waals surface area contributed by atoms with Crippen molar-refractivity contribution in [3.8, 4) is 6.07 Å². The van der Waals surface area contributed by atoms with Gasteiger partial charge in [0.25, 0.3) is 0 Å². The predicted octanol–water partition coefficient (Wildman–Crippen LogP) is 3.61. The van der Waals surface area contributed by atoms with Crippen LogP contribution in [0.25, 0.3) is 0 Å². The van der Waals surface area contributed by atoms with Crippen molar-refractivity contribution in [1.29, 1.82) is 5.26 Å². The summed E-state index contributed by atoms with van der Waals surface area (Å²) in [5.41, 5.74) is -0.354. The van der Waals surface area contributed by atoms with Crippen molar-refractivity contribution in [2.45, 2.75) is 18.8 Å². The van der Waals surface area contributed by atoms with Crippen molar-refractivity contribution in [3.05, 3.63) is 61.2 Å². The van der Waals surface area contributed by atoms with Gasteiger partial charge in [0, 0.05) is 5.92 Å². The van der Waals surface area contributed by atoms with Gasteiger partial charge in [0.1, 0.15) is 0 Å². The number of carbonyl (C=O) groups is 1. The fourth-order valence-electron chi connectivity index (χ4n) is 2.42. The predicted molar refractivity (Wildman–Crippen MR) is 78.9 cm³/mol. The van der Waals surface area contributed by atoms with Crippen LogP contribution in [0.15, 0.2) is 55.6 Å². The van der Waals surface area contributed by atoms with Crippen LogP contribution in [-0.4, -0.2) is 13.1 Å². The number of carbonyl (C=O) groups excluding carboxylic acids is 1. The lowest BCUT2D eigenvalue weighted by atomic mass is 9.69. The molecule has 2 atom stereocenters. The molecule has 3 heteroatoms. The Balaban J connectivity index is 3.39. The van der Waals surface area contributed by atoms with Crippen LogP contribution in [0.3, 0.4) is 0 Å². The first-order valence-corrected chi connectivity index (χ1v) is 6.42. The number of hydrogen-bond donors (Lipinski definition) is 0. The average molecular weight is 269 g/mol. The van der Waals surface area contributed by atoms with E-state index in [1.807, 2.05) is 30.3 Å². The molecule has 1 aromatic carbocycles. The Morgan fingerprint density at radius 2 is 2.05 bits per heavy atom. The molecule has 0 aromatic heterocycles. The van der Waals surface area contributed by atoms with E-state index >= 15 is 0 Å². The van der Waals surface area contributed by atoms with E-state index in [9.17, 15) is 10.1 Å². The summed E-state index contributed by atoms with van der Waals surface area (Å²) in [6.45, 7) is 7.39. The molecule has 0 aliphatic rings. The van der Waals surface area contributed by atoms with E-state index in [2.05, 4.69) is 19.2 Å². The minimum absolute atomic E-state index is 0.240. The van der Waals surface area contributed by atoms with E-state index in [1.165, 1.54) is 7.11 Å². The van der Waals surface area contributed by atoms with Crippen LogP contribution in [0, 0.1) is 16.7 Å². The highest BCUT2D eigenvalue weighted by atomic mass is 16.5. The molecule has 0 amide bonds. The maximum Gasteiger partial charge on any atom is 0.327 e. The zero-order valence-electron chi connectivity index (χ0n) is 11.7. The quantitative estimate of drug-likeness (QED) is 0.561. The van der Waals surface area contributed by atoms with Crippen molar-refractivity contribution >= 4 is 5.97 Å². The molecule has 0 N–H and O–H groups in total. The number of allylic oxidation sites excluding steroid dienone is 2. The van der Waals surface area contributed by atoms with Gasteiger partial charge in [-0.15, -0.1) is 13.2 Å². The summed E-state index contributed by atoms with van der Waals surface area (Å²) in [5, 5.41) is 9.63. The minimum Gasteiger partial charge on any atom is -0.468 e. The molecule has 3 nitrogen and oxygen atoms in total. The fraction of sp³-hybridized carbons (Fsp3) is 0.294. The molecule has 104 valence electrons. The molecule has 0 aliphatic heterocycles. The van der Waals surface area contributed by atoms with Crippen molar-refractivity contribution in [3.63, 3.8) is 0 Å². The lowest BCUT2D eigenvalue weighted by Gasteiger charge is -2.31. The van der Waals surface area contributed by atoms with Gasteiger partial charge >= 0.3 is 5.97 Å². The molecule has 0 heterocycles. The number of methoxy groups -OCH3 is 1. The zero-order chi connectivity index (χ0) is 15.0. The topological polar surface area (TPSA) is 50.1 Å². The third-order valence-electron chi connectivity index (χ3n) is 3.41. The molecule has 0 saturated carbocycles. The number of ether oxygens (including phenoxy) is 1. The van der Waals surface area contributed by atoms with Crippen LogP contribution in [-0.2, 0) is 9.53 Å². The molecule has 0 saturated heterocycles. The highest BCUT2D eigenvalue weighted by Crippen LogP contribution is 2.42. The summed E-state index contributed by atoms with van der Waals surface area (Å²) in [6.07, 6.45) is 4.05. The fourth-order valence-corrected chi connectivity index (χ4v) is 2.42. The second-order valence-corrected chi connectivity index (χ2v) is 4.56. The smallest absolute Gasteiger partial charge is 0.327 e. The third kappa shape index (κ3) is 2.97. The second kappa shape index (κ2) is 7.30. The molecule has 0 bridgehead atoms. The number of rotatable bonds is 7. The normalized spacial score (nSPS) is 14.4. The number of esters is 1. The van der Waals surface area contributed by atoms with Gasteiger partial charge in [0.2, 0.25) is 0 Å². The van der Waals surface area contributed by atoms with E-state index < -0.39 is 11.4 Å². The summed E-state index contributed by atoms with van der Waals surface area (Å²) < 4.78 is 4.86. The Morgan fingerprint density at radius 1 is 1.40 bits per heavy atom. The lowest BCUT2D eigenvalue weighted by molar-refractivity contribution is -0.150. The Morgan fingerprint density at radius 3 is 2.50 bits per heavy atom. The summed E-state index contributed by atoms with van der Waals surface area (Å²) in [5.74, 6) is -0.841. The van der Waals surface area contributed by atoms with Gasteiger partial charge in [-0.3, -0.25) is 4.79 Å². The highest BCUT2D eigenvalue weighted by Gasteiger charge is 2.46. The van der Waals surface area contributed by atoms with E-state index in [-0.39, 0.29) is 12.3 Å². The lowest BCUT2D eigenvalue weighted by Crippen LogP contribution is -2.36. The molecule has 0 spiro atoms. The highest BCUT2D eigenvalue weighted by molar-refractivity contribution is 5.81. The van der Waals surface area contributed by atoms with E-state index in [4.69, 9.17) is 4.74 Å². The standard InChI is InChI=1S/C17H19NO2/c1-4-9-15(14-10-7-6-8-11-14)17(13-18,12-5-2)16(19)20-3/h4-8,10-11,15H,1-2,9,12H2,3H3. The van der Waals surface area contributed by atoms with Crippen molar-refractivity contribution in [2.75, 3.05) is 7.11 Å². The molecular weight excluding hydrogens is 250 g/mol. The van der Waals surface area contributed by atoms with Crippen LogP contribution in [0.5, 0.6) is 0 Å². The van der Waals surface area contributed by atoms with Gasteiger partial charge in [-0.1, -0.05) is 42.5 Å². The number of nitrogens with zero attached hydrogens (tertiary/aromatic N) is 1. The van der Waals surface area contributed by atoms with E-state index in [0.717, 1.165) is 5.56 Å². The van der Waals surface area contributed by atoms with Crippen LogP contribution >= 0.6 is 0 Å². The SMILES string of the molecule is C=CCC(c1ccccc1)C(C#N)(CC=C)C(=O)OC. The maximum absolute atomic E-state index is 12.2. The number of nitriles is 1. The Bertz CT molecular complexity index is 516. The first-order valence-electron chi connectivity index (χ1n) is 6.42. The van der Waals surface area contributed by atoms with Gasteiger partial charge in [-0.2, -0.15) is 5.26 Å². The van der Waals surface area contributed by atoms with Gasteiger partial charge < -0.3 is 4.74 Å². The molecule has 0 fully saturated rings. The summed E-state index contributed by atoms with van der Waals surface area (Å²) >= 11 is 0. The van der Waals surface area contributed by atoms with Crippen molar-refractivity contribution in [1.82, 2.24) is 0 Å². The van der Waals surface area contributed by atoms with Crippen LogP contribution < -0.4 is 0 Å². The molecular formula is C17H19NO2. The summed E-state index contributed by atoms with van der Waals surface area (Å²) in [4.78, 5) is 12.2. The number of hydrogen-bond acceptors (Lipinski definition) is 3. The maximum atomic E-state index is 12.2. The van der Waals surface area contributed by atoms with Crippen molar-refractivity contribution < 1.29 is 9.53 Å². The first kappa shape index (κ1) is 15.7. The van der Waals surface area contributed by atoms with E-state index in [0.29, 0.717) is 6.42 Å². The third-order valence-corrected chi connectivity index (χ3v) is 3.41. The Labute approximate surface area is 120 Å². The van der Waals surface area contributed by atoms with Gasteiger partial charge in [0.15, 0.2) is 5.41 Å². The average Bonchev–Trinajstić information content (AvgIpc) is 2.51. The van der Waals surface area contributed by atoms with Crippen molar-refractivity contribution in [2.24, 2.45) is 5.41 Å². The van der Waals surface area contributed by atoms with Gasteiger partial charge in [-0.25, -0.2) is 0 Å². The molecule has 20 heavy (non-hydrogen) atoms. The summed E-state index contributed by atoms with van der Waals surface area (Å²) in [7, 11) is 1.30. The minimum atomic E-state index is -1.27. The molecule has 0 radical (unpaired) electrons. The van der Waals surface area contributed by atoms with Gasteiger partial charge in [-0.05, 0) is 18.4 Å². The first-order chi connectivity index (χ1) is 9.66. The van der Waals surface area contributed by atoms with Gasteiger partial charge in [0.05, 0.1) is 13.2 Å². The number of benzene rings is 1. The molecule has 2 unspecified atom stereocenters. The molecule has 0 aliphatic carbocycles. The van der Waals surface area contributed by atoms with Crippen LogP contribution in [0.2, 0.25) is 0 Å². The van der Waals surface area contributed by atoms with E-state index in [1.54, 1.807) is 12.2 Å². The second-order valence-electron chi connectivity index (χ2n) is 4.56. The Kier molecular flexibility index (Phi) is 5.74. The Hall–Kier alpha value is -2.34. The summed E-state index contributed by atoms with van der Waals surface area (Å²) in [6, 6.07) is 11.6. The zero-order valence-corrected chi connectivity index (χ0v) is 11.7. The van der Waals surface area contributed by atoms with Crippen LogP contribution in [0.4, 0.5) is 0 Å². The molecule has 1 rings (SSSR count). The largest absolute Gasteiger partial charge is 0.468 e.